The molecule has 1 aromatic heterocycles. The first-order valence-electron chi connectivity index (χ1n) is 10.4. The number of nitrogens with zero attached hydrogens (tertiary/aromatic N) is 4. The monoisotopic (exact) mass is 388 g/mol. The molecule has 28 heavy (non-hydrogen) atoms. The topological polar surface area (TPSA) is 58.6 Å². The number of rotatable bonds is 5. The Hall–Kier alpha value is -2.11. The van der Waals surface area contributed by atoms with Crippen molar-refractivity contribution in [2.75, 3.05) is 24.5 Å². The molecule has 1 unspecified atom stereocenters. The summed E-state index contributed by atoms with van der Waals surface area (Å²) < 4.78 is 5.54. The van der Waals surface area contributed by atoms with Gasteiger partial charge in [-0.2, -0.15) is 0 Å². The second-order valence-corrected chi connectivity index (χ2v) is 8.66. The molecule has 6 nitrogen and oxygen atoms in total. The Bertz CT molecular complexity index is 709. The lowest BCUT2D eigenvalue weighted by molar-refractivity contribution is 0.0218. The third-order valence-corrected chi connectivity index (χ3v) is 4.97. The normalized spacial score (nSPS) is 18.4. The Morgan fingerprint density at radius 2 is 2.04 bits per heavy atom. The molecule has 1 aromatic rings. The fraction of sp³-hybridized carbons (Fsp3) is 0.682. The van der Waals surface area contributed by atoms with E-state index < -0.39 is 5.60 Å². The average molecular weight is 389 g/mol. The van der Waals surface area contributed by atoms with Crippen molar-refractivity contribution < 1.29 is 9.53 Å². The highest BCUT2D eigenvalue weighted by Crippen LogP contribution is 2.30. The smallest absolute Gasteiger partial charge is 0.410 e. The van der Waals surface area contributed by atoms with Gasteiger partial charge >= 0.3 is 6.09 Å². The van der Waals surface area contributed by atoms with E-state index in [1.807, 2.05) is 27.7 Å². The summed E-state index contributed by atoms with van der Waals surface area (Å²) in [7, 11) is 0. The molecular weight excluding hydrogens is 352 g/mol. The molecule has 0 spiro atoms. The number of hydrogen-bond acceptors (Lipinski definition) is 5. The van der Waals surface area contributed by atoms with Crippen LogP contribution in [0.25, 0.3) is 5.57 Å². The molecule has 1 fully saturated rings. The largest absolute Gasteiger partial charge is 0.444 e. The number of aryl methyl sites for hydroxylation is 1. The van der Waals surface area contributed by atoms with E-state index in [2.05, 4.69) is 41.7 Å². The minimum Gasteiger partial charge on any atom is -0.444 e. The van der Waals surface area contributed by atoms with Crippen LogP contribution in [0, 0.1) is 6.92 Å². The summed E-state index contributed by atoms with van der Waals surface area (Å²) in [4.78, 5) is 25.6. The van der Waals surface area contributed by atoms with E-state index in [0.29, 0.717) is 13.1 Å². The molecule has 6 heteroatoms. The van der Waals surface area contributed by atoms with Crippen molar-refractivity contribution in [1.29, 1.82) is 0 Å². The quantitative estimate of drug-likeness (QED) is 0.677. The maximum absolute atomic E-state index is 12.4. The fourth-order valence-electron chi connectivity index (χ4n) is 3.53. The number of amides is 1. The molecule has 1 aliphatic heterocycles. The summed E-state index contributed by atoms with van der Waals surface area (Å²) in [6, 6.07) is 0.151. The van der Waals surface area contributed by atoms with Crippen LogP contribution < -0.4 is 4.90 Å². The van der Waals surface area contributed by atoms with E-state index >= 15 is 0 Å². The van der Waals surface area contributed by atoms with Gasteiger partial charge in [-0.25, -0.2) is 14.8 Å². The predicted molar refractivity (Wildman–Crippen MR) is 115 cm³/mol. The molecule has 0 aromatic carbocycles. The van der Waals surface area contributed by atoms with Crippen molar-refractivity contribution in [1.82, 2.24) is 14.9 Å². The lowest BCUT2D eigenvalue weighted by Crippen LogP contribution is -2.55. The average Bonchev–Trinajstić information content (AvgIpc) is 2.60. The van der Waals surface area contributed by atoms with Crippen molar-refractivity contribution in [3.8, 4) is 0 Å². The summed E-state index contributed by atoms with van der Waals surface area (Å²) in [5, 5.41) is 0. The van der Waals surface area contributed by atoms with E-state index in [1.165, 1.54) is 18.4 Å². The van der Waals surface area contributed by atoms with Crippen LogP contribution in [0.5, 0.6) is 0 Å². The standard InChI is InChI=1S/C22H36N4O2/c1-8-9-10-11-16(2)19-18(4)23-15-24-20(19)26-13-12-25(14-17(26)3)21(27)28-22(5,6)7/h11,15,17H,8-10,12-14H2,1-7H3/b16-11-. The lowest BCUT2D eigenvalue weighted by atomic mass is 10.0. The number of carbonyl (C=O) groups excluding carboxylic acids is 1. The Kier molecular flexibility index (Phi) is 7.44. The van der Waals surface area contributed by atoms with Crippen LogP contribution in [-0.2, 0) is 4.74 Å². The highest BCUT2D eigenvalue weighted by Gasteiger charge is 2.31. The summed E-state index contributed by atoms with van der Waals surface area (Å²) in [6.45, 7) is 16.2. The maximum atomic E-state index is 12.4. The van der Waals surface area contributed by atoms with Crippen LogP contribution in [0.1, 0.15) is 72.1 Å². The van der Waals surface area contributed by atoms with Gasteiger partial charge in [-0.05, 0) is 53.5 Å². The van der Waals surface area contributed by atoms with Crippen LogP contribution in [0.2, 0.25) is 0 Å². The number of anilines is 1. The van der Waals surface area contributed by atoms with Gasteiger partial charge in [-0.15, -0.1) is 0 Å². The number of aromatic nitrogens is 2. The van der Waals surface area contributed by atoms with Gasteiger partial charge in [-0.3, -0.25) is 0 Å². The molecule has 1 saturated heterocycles. The van der Waals surface area contributed by atoms with Crippen LogP contribution >= 0.6 is 0 Å². The van der Waals surface area contributed by atoms with Gasteiger partial charge in [0.15, 0.2) is 0 Å². The summed E-state index contributed by atoms with van der Waals surface area (Å²) in [5.74, 6) is 0.967. The molecule has 2 rings (SSSR count). The molecule has 0 bridgehead atoms. The van der Waals surface area contributed by atoms with Gasteiger partial charge in [0, 0.05) is 31.2 Å². The van der Waals surface area contributed by atoms with E-state index in [9.17, 15) is 4.79 Å². The Morgan fingerprint density at radius 1 is 1.32 bits per heavy atom. The van der Waals surface area contributed by atoms with Gasteiger partial charge in [-0.1, -0.05) is 25.8 Å². The van der Waals surface area contributed by atoms with Gasteiger partial charge in [0.05, 0.1) is 5.69 Å². The molecule has 0 radical (unpaired) electrons. The minimum absolute atomic E-state index is 0.151. The molecule has 1 atom stereocenters. The first-order chi connectivity index (χ1) is 13.1. The van der Waals surface area contributed by atoms with Crippen molar-refractivity contribution in [3.05, 3.63) is 23.7 Å². The van der Waals surface area contributed by atoms with Gasteiger partial charge in [0.2, 0.25) is 0 Å². The van der Waals surface area contributed by atoms with Crippen molar-refractivity contribution >= 4 is 17.5 Å². The number of hydrogen-bond donors (Lipinski definition) is 0. The first kappa shape index (κ1) is 22.2. The van der Waals surface area contributed by atoms with Crippen LogP contribution in [0.15, 0.2) is 12.4 Å². The number of unbranched alkanes of at least 4 members (excludes halogenated alkanes) is 2. The zero-order valence-electron chi connectivity index (χ0n) is 18.6. The molecule has 0 N–H and O–H groups in total. The third kappa shape index (κ3) is 5.69. The third-order valence-electron chi connectivity index (χ3n) is 4.97. The van der Waals surface area contributed by atoms with Gasteiger partial charge < -0.3 is 14.5 Å². The highest BCUT2D eigenvalue weighted by atomic mass is 16.6. The second kappa shape index (κ2) is 9.39. The van der Waals surface area contributed by atoms with E-state index in [0.717, 1.165) is 30.0 Å². The van der Waals surface area contributed by atoms with E-state index in [-0.39, 0.29) is 12.1 Å². The van der Waals surface area contributed by atoms with Crippen molar-refractivity contribution in [3.63, 3.8) is 0 Å². The van der Waals surface area contributed by atoms with E-state index in [1.54, 1.807) is 11.2 Å². The maximum Gasteiger partial charge on any atom is 0.410 e. The lowest BCUT2D eigenvalue weighted by Gasteiger charge is -2.41. The molecule has 156 valence electrons. The zero-order chi connectivity index (χ0) is 20.9. The van der Waals surface area contributed by atoms with Crippen LogP contribution in [0.4, 0.5) is 10.6 Å². The van der Waals surface area contributed by atoms with Crippen LogP contribution in [0.3, 0.4) is 0 Å². The number of piperazine rings is 1. The molecule has 2 heterocycles. The number of ether oxygens (including phenoxy) is 1. The second-order valence-electron chi connectivity index (χ2n) is 8.66. The minimum atomic E-state index is -0.477. The number of allylic oxidation sites excluding steroid dienone is 2. The van der Waals surface area contributed by atoms with Crippen molar-refractivity contribution in [2.24, 2.45) is 0 Å². The van der Waals surface area contributed by atoms with E-state index in [4.69, 9.17) is 4.74 Å². The summed E-state index contributed by atoms with van der Waals surface area (Å²) in [6.07, 6.45) is 7.13. The Balaban J connectivity index is 2.20. The fourth-order valence-corrected chi connectivity index (χ4v) is 3.53. The van der Waals surface area contributed by atoms with Crippen molar-refractivity contribution in [2.45, 2.75) is 79.4 Å². The zero-order valence-corrected chi connectivity index (χ0v) is 18.6. The molecule has 0 saturated carbocycles. The Morgan fingerprint density at radius 3 is 2.64 bits per heavy atom. The Labute approximate surface area is 170 Å². The predicted octanol–water partition coefficient (Wildman–Crippen LogP) is 4.82. The molecule has 1 amide bonds. The highest BCUT2D eigenvalue weighted by molar-refractivity contribution is 5.75. The van der Waals surface area contributed by atoms with Gasteiger partial charge in [0.1, 0.15) is 17.7 Å². The van der Waals surface area contributed by atoms with Crippen LogP contribution in [-0.4, -0.2) is 52.2 Å². The first-order valence-corrected chi connectivity index (χ1v) is 10.4. The molecule has 1 aliphatic rings. The molecule has 0 aliphatic carbocycles. The summed E-state index contributed by atoms with van der Waals surface area (Å²) >= 11 is 0. The SMILES string of the molecule is CCCC/C=C(/C)c1c(C)ncnc1N1CCN(C(=O)OC(C)(C)C)CC1C. The number of carbonyl (C=O) groups is 1. The van der Waals surface area contributed by atoms with Gasteiger partial charge in [0.25, 0.3) is 0 Å². The molecular formula is C22H36N4O2. The summed E-state index contributed by atoms with van der Waals surface area (Å²) in [5.41, 5.74) is 2.87.